The Balaban J connectivity index is 1.29. The zero-order valence-corrected chi connectivity index (χ0v) is 18.2. The van der Waals surface area contributed by atoms with Crippen LogP contribution in [0.25, 0.3) is 10.2 Å². The predicted octanol–water partition coefficient (Wildman–Crippen LogP) is 4.90. The molecule has 0 unspecified atom stereocenters. The van der Waals surface area contributed by atoms with Crippen LogP contribution in [-0.2, 0) is 4.79 Å². The number of para-hydroxylation sites is 1. The van der Waals surface area contributed by atoms with Crippen molar-refractivity contribution < 1.29 is 18.7 Å². The monoisotopic (exact) mass is 465 g/mol. The maximum absolute atomic E-state index is 13.3. The minimum atomic E-state index is -0.668. The van der Waals surface area contributed by atoms with Gasteiger partial charge in [0.25, 0.3) is 5.91 Å². The third-order valence-corrected chi connectivity index (χ3v) is 6.31. The Kier molecular flexibility index (Phi) is 6.88. The van der Waals surface area contributed by atoms with E-state index in [1.54, 1.807) is 24.3 Å². The SMILES string of the molecule is O=C(CSc1nc2ccccc2s1)N/N=C\c1cccc(OC(=O)c2cccc(F)c2)c1. The molecule has 1 heterocycles. The van der Waals surface area contributed by atoms with E-state index in [0.29, 0.717) is 5.56 Å². The number of nitrogens with one attached hydrogen (secondary N) is 1. The van der Waals surface area contributed by atoms with Crippen molar-refractivity contribution in [3.05, 3.63) is 89.7 Å². The van der Waals surface area contributed by atoms with Crippen LogP contribution in [0.1, 0.15) is 15.9 Å². The van der Waals surface area contributed by atoms with Crippen molar-refractivity contribution >= 4 is 51.4 Å². The van der Waals surface area contributed by atoms with Gasteiger partial charge in [-0.2, -0.15) is 5.10 Å². The molecule has 3 aromatic carbocycles. The number of amides is 1. The molecule has 1 amide bonds. The van der Waals surface area contributed by atoms with E-state index >= 15 is 0 Å². The van der Waals surface area contributed by atoms with E-state index in [1.165, 1.54) is 47.5 Å². The number of carbonyl (C=O) groups is 2. The number of nitrogens with zero attached hydrogens (tertiary/aromatic N) is 2. The van der Waals surface area contributed by atoms with Crippen molar-refractivity contribution in [1.82, 2.24) is 10.4 Å². The normalized spacial score (nSPS) is 11.0. The molecule has 160 valence electrons. The number of hydrogen-bond donors (Lipinski definition) is 1. The van der Waals surface area contributed by atoms with Crippen LogP contribution in [0.3, 0.4) is 0 Å². The molecule has 0 saturated carbocycles. The number of carbonyl (C=O) groups excluding carboxylic acids is 2. The Hall–Kier alpha value is -3.56. The van der Waals surface area contributed by atoms with Crippen LogP contribution in [0.15, 0.2) is 82.2 Å². The predicted molar refractivity (Wildman–Crippen MR) is 124 cm³/mol. The van der Waals surface area contributed by atoms with Crippen LogP contribution >= 0.6 is 23.1 Å². The summed E-state index contributed by atoms with van der Waals surface area (Å²) in [5, 5.41) is 3.94. The van der Waals surface area contributed by atoms with Crippen LogP contribution in [0.2, 0.25) is 0 Å². The number of halogens is 1. The van der Waals surface area contributed by atoms with Crippen LogP contribution < -0.4 is 10.2 Å². The topological polar surface area (TPSA) is 80.7 Å². The summed E-state index contributed by atoms with van der Waals surface area (Å²) < 4.78 is 20.4. The Morgan fingerprint density at radius 3 is 2.78 bits per heavy atom. The summed E-state index contributed by atoms with van der Waals surface area (Å²) in [5.74, 6) is -0.987. The van der Waals surface area contributed by atoms with E-state index in [4.69, 9.17) is 4.74 Å². The summed E-state index contributed by atoms with van der Waals surface area (Å²) in [7, 11) is 0. The van der Waals surface area contributed by atoms with E-state index in [-0.39, 0.29) is 23.0 Å². The molecule has 0 saturated heterocycles. The van der Waals surface area contributed by atoms with Crippen molar-refractivity contribution in [1.29, 1.82) is 0 Å². The third-order valence-electron chi connectivity index (χ3n) is 4.13. The molecule has 0 radical (unpaired) electrons. The van der Waals surface area contributed by atoms with Crippen molar-refractivity contribution in [3.63, 3.8) is 0 Å². The minimum absolute atomic E-state index is 0.113. The third kappa shape index (κ3) is 5.77. The highest BCUT2D eigenvalue weighted by atomic mass is 32.2. The number of aromatic nitrogens is 1. The molecule has 0 aliphatic carbocycles. The van der Waals surface area contributed by atoms with Crippen LogP contribution in [0.4, 0.5) is 4.39 Å². The van der Waals surface area contributed by atoms with Gasteiger partial charge in [0.05, 0.1) is 27.7 Å². The average molecular weight is 466 g/mol. The first kappa shape index (κ1) is 21.7. The van der Waals surface area contributed by atoms with Gasteiger partial charge in [0.1, 0.15) is 11.6 Å². The number of fused-ring (bicyclic) bond motifs is 1. The number of benzene rings is 3. The van der Waals surface area contributed by atoms with Gasteiger partial charge in [-0.3, -0.25) is 4.79 Å². The van der Waals surface area contributed by atoms with Gasteiger partial charge in [0, 0.05) is 0 Å². The molecule has 0 spiro atoms. The summed E-state index contributed by atoms with van der Waals surface area (Å²) in [6.07, 6.45) is 1.44. The molecule has 1 aromatic heterocycles. The van der Waals surface area contributed by atoms with Gasteiger partial charge in [-0.15, -0.1) is 11.3 Å². The molecule has 32 heavy (non-hydrogen) atoms. The molecule has 0 fully saturated rings. The van der Waals surface area contributed by atoms with Gasteiger partial charge in [-0.05, 0) is 48.0 Å². The lowest BCUT2D eigenvalue weighted by molar-refractivity contribution is -0.118. The maximum Gasteiger partial charge on any atom is 0.343 e. The largest absolute Gasteiger partial charge is 0.423 e. The second-order valence-electron chi connectivity index (χ2n) is 6.50. The average Bonchev–Trinajstić information content (AvgIpc) is 3.21. The number of hydrogen-bond acceptors (Lipinski definition) is 7. The molecule has 0 aliphatic rings. The molecule has 0 aliphatic heterocycles. The Bertz CT molecular complexity index is 1270. The van der Waals surface area contributed by atoms with E-state index in [0.717, 1.165) is 20.6 Å². The molecule has 4 aromatic rings. The fraction of sp³-hybridized carbons (Fsp3) is 0.0435. The van der Waals surface area contributed by atoms with Gasteiger partial charge < -0.3 is 4.74 Å². The summed E-state index contributed by atoms with van der Waals surface area (Å²) in [4.78, 5) is 28.7. The van der Waals surface area contributed by atoms with Crippen molar-refractivity contribution in [2.45, 2.75) is 4.34 Å². The summed E-state index contributed by atoms with van der Waals surface area (Å²) in [6, 6.07) is 19.7. The molecular weight excluding hydrogens is 449 g/mol. The molecule has 1 N–H and O–H groups in total. The number of ether oxygens (including phenoxy) is 1. The minimum Gasteiger partial charge on any atom is -0.423 e. The quantitative estimate of drug-likeness (QED) is 0.138. The van der Waals surface area contributed by atoms with E-state index in [1.807, 2.05) is 24.3 Å². The van der Waals surface area contributed by atoms with Crippen molar-refractivity contribution in [2.24, 2.45) is 5.10 Å². The van der Waals surface area contributed by atoms with Gasteiger partial charge in [0.15, 0.2) is 4.34 Å². The summed E-state index contributed by atoms with van der Waals surface area (Å²) >= 11 is 2.88. The number of rotatable bonds is 7. The Labute approximate surface area is 191 Å². The lowest BCUT2D eigenvalue weighted by Gasteiger charge is -2.05. The zero-order chi connectivity index (χ0) is 22.3. The van der Waals surface area contributed by atoms with Gasteiger partial charge >= 0.3 is 5.97 Å². The fourth-order valence-electron chi connectivity index (χ4n) is 2.69. The molecule has 4 rings (SSSR count). The Morgan fingerprint density at radius 1 is 1.09 bits per heavy atom. The lowest BCUT2D eigenvalue weighted by Crippen LogP contribution is -2.19. The number of esters is 1. The van der Waals surface area contributed by atoms with E-state index < -0.39 is 11.8 Å². The number of thioether (sulfide) groups is 1. The second kappa shape index (κ2) is 10.2. The molecule has 0 atom stereocenters. The lowest BCUT2D eigenvalue weighted by atomic mass is 10.2. The van der Waals surface area contributed by atoms with Gasteiger partial charge in [0.2, 0.25) is 0 Å². The highest BCUT2D eigenvalue weighted by Gasteiger charge is 2.10. The standard InChI is InChI=1S/C23H16FN3O3S2/c24-17-7-4-6-16(12-17)22(29)30-18-8-3-5-15(11-18)13-25-27-21(28)14-31-23-26-19-9-1-2-10-20(19)32-23/h1-13H,14H2,(H,27,28)/b25-13-. The highest BCUT2D eigenvalue weighted by molar-refractivity contribution is 8.01. The molecule has 9 heteroatoms. The van der Waals surface area contributed by atoms with Gasteiger partial charge in [-0.25, -0.2) is 19.6 Å². The highest BCUT2D eigenvalue weighted by Crippen LogP contribution is 2.29. The van der Waals surface area contributed by atoms with Crippen LogP contribution in [-0.4, -0.2) is 28.8 Å². The zero-order valence-electron chi connectivity index (χ0n) is 16.5. The molecular formula is C23H16FN3O3S2. The molecule has 6 nitrogen and oxygen atoms in total. The second-order valence-corrected chi connectivity index (χ2v) is 8.75. The van der Waals surface area contributed by atoms with Gasteiger partial charge in [-0.1, -0.05) is 42.1 Å². The van der Waals surface area contributed by atoms with E-state index in [2.05, 4.69) is 15.5 Å². The van der Waals surface area contributed by atoms with Crippen molar-refractivity contribution in [3.8, 4) is 5.75 Å². The first-order valence-electron chi connectivity index (χ1n) is 9.45. The number of hydrazone groups is 1. The first-order chi connectivity index (χ1) is 15.6. The summed E-state index contributed by atoms with van der Waals surface area (Å²) in [5.41, 5.74) is 4.11. The van der Waals surface area contributed by atoms with Crippen molar-refractivity contribution in [2.75, 3.05) is 5.75 Å². The van der Waals surface area contributed by atoms with E-state index in [9.17, 15) is 14.0 Å². The smallest absolute Gasteiger partial charge is 0.343 e. The first-order valence-corrected chi connectivity index (χ1v) is 11.2. The Morgan fingerprint density at radius 2 is 1.94 bits per heavy atom. The van der Waals surface area contributed by atoms with Crippen LogP contribution in [0.5, 0.6) is 5.75 Å². The number of thiazole rings is 1. The maximum atomic E-state index is 13.3. The van der Waals surface area contributed by atoms with Crippen LogP contribution in [0, 0.1) is 5.82 Å². The molecule has 0 bridgehead atoms. The fourth-order valence-corrected chi connectivity index (χ4v) is 4.55. The summed E-state index contributed by atoms with van der Waals surface area (Å²) in [6.45, 7) is 0.